The Morgan fingerprint density at radius 1 is 0.290 bits per heavy atom. The van der Waals surface area contributed by atoms with Crippen LogP contribution in [0.25, 0.3) is 110 Å². The smallest absolute Gasteiger partial charge is 0.101 e. The Morgan fingerprint density at radius 3 is 1.02 bits per heavy atom. The molecule has 0 bridgehead atoms. The number of aromatic nitrogens is 4. The van der Waals surface area contributed by atoms with Crippen LogP contribution in [0.15, 0.2) is 194 Å². The minimum Gasteiger partial charge on any atom is -0.309 e. The van der Waals surface area contributed by atoms with Crippen molar-refractivity contribution in [3.63, 3.8) is 0 Å². The third-order valence-electron chi connectivity index (χ3n) is 12.8. The number of hydrogen-bond donors (Lipinski definition) is 0. The number of para-hydroxylation sites is 6. The lowest BCUT2D eigenvalue weighted by Gasteiger charge is -2.16. The maximum Gasteiger partial charge on any atom is 0.101 e. The Hall–Kier alpha value is -8.84. The fourth-order valence-electron chi connectivity index (χ4n) is 10.4. The van der Waals surface area contributed by atoms with Crippen LogP contribution in [0, 0.1) is 22.7 Å². The molecule has 286 valence electrons. The molecule has 13 aromatic rings. The van der Waals surface area contributed by atoms with Gasteiger partial charge in [0.05, 0.1) is 66.6 Å². The molecule has 0 radical (unpaired) electrons. The molecule has 0 saturated heterocycles. The zero-order valence-electron chi connectivity index (χ0n) is 33.2. The lowest BCUT2D eigenvalue weighted by atomic mass is 10.0. The van der Waals surface area contributed by atoms with Gasteiger partial charge in [-0.1, -0.05) is 121 Å². The summed E-state index contributed by atoms with van der Waals surface area (Å²) in [5.74, 6) is 0. The van der Waals surface area contributed by atoms with Gasteiger partial charge in [0.25, 0.3) is 0 Å². The summed E-state index contributed by atoms with van der Waals surface area (Å²) in [5, 5.41) is 31.3. The lowest BCUT2D eigenvalue weighted by molar-refractivity contribution is 1.13. The van der Waals surface area contributed by atoms with E-state index in [0.717, 1.165) is 98.6 Å². The fourth-order valence-corrected chi connectivity index (χ4v) is 10.4. The third-order valence-corrected chi connectivity index (χ3v) is 12.8. The first kappa shape index (κ1) is 34.1. The average Bonchev–Trinajstić information content (AvgIpc) is 4.06. The van der Waals surface area contributed by atoms with Crippen molar-refractivity contribution in [3.05, 3.63) is 205 Å². The molecule has 9 aromatic carbocycles. The van der Waals surface area contributed by atoms with Gasteiger partial charge in [-0.15, -0.1) is 0 Å². The topological polar surface area (TPSA) is 67.3 Å². The summed E-state index contributed by atoms with van der Waals surface area (Å²) in [5.41, 5.74) is 12.6. The number of rotatable bonds is 4. The van der Waals surface area contributed by atoms with Gasteiger partial charge < -0.3 is 18.3 Å². The highest BCUT2D eigenvalue weighted by Gasteiger charge is 2.26. The Balaban J connectivity index is 1.16. The van der Waals surface area contributed by atoms with Crippen LogP contribution in [0.2, 0.25) is 0 Å². The molecule has 13 rings (SSSR count). The number of fused-ring (bicyclic) bond motifs is 14. The van der Waals surface area contributed by atoms with Crippen molar-refractivity contribution in [2.24, 2.45) is 0 Å². The monoisotopic (exact) mass is 788 g/mol. The van der Waals surface area contributed by atoms with Crippen molar-refractivity contribution in [2.75, 3.05) is 0 Å². The Kier molecular flexibility index (Phi) is 7.05. The normalized spacial score (nSPS) is 11.8. The molecule has 6 nitrogen and oxygen atoms in total. The van der Waals surface area contributed by atoms with Crippen LogP contribution in [0.1, 0.15) is 11.1 Å². The van der Waals surface area contributed by atoms with Gasteiger partial charge in [-0.05, 0) is 72.8 Å². The zero-order chi connectivity index (χ0) is 41.1. The van der Waals surface area contributed by atoms with Crippen LogP contribution in [-0.2, 0) is 0 Å². The Labute approximate surface area is 354 Å². The molecule has 0 aliphatic rings. The van der Waals surface area contributed by atoms with Gasteiger partial charge in [0.15, 0.2) is 0 Å². The molecule has 0 N–H and O–H groups in total. The van der Waals surface area contributed by atoms with Gasteiger partial charge in [0.2, 0.25) is 0 Å². The molecule has 0 aliphatic carbocycles. The number of nitriles is 2. The molecule has 0 spiro atoms. The van der Waals surface area contributed by atoms with Crippen LogP contribution in [0.4, 0.5) is 0 Å². The summed E-state index contributed by atoms with van der Waals surface area (Å²) in [6.07, 6.45) is 0. The molecule has 0 atom stereocenters. The van der Waals surface area contributed by atoms with Crippen LogP contribution in [-0.4, -0.2) is 18.3 Å². The molecule has 0 aliphatic heterocycles. The van der Waals surface area contributed by atoms with E-state index in [1.54, 1.807) is 0 Å². The van der Waals surface area contributed by atoms with E-state index in [1.165, 1.54) is 0 Å². The summed E-state index contributed by atoms with van der Waals surface area (Å²) in [7, 11) is 0. The highest BCUT2D eigenvalue weighted by Crippen LogP contribution is 2.45. The molecule has 6 heteroatoms. The molecule has 4 aromatic heterocycles. The summed E-state index contributed by atoms with van der Waals surface area (Å²) in [6.45, 7) is 0. The molecule has 62 heavy (non-hydrogen) atoms. The van der Waals surface area contributed by atoms with E-state index in [0.29, 0.717) is 22.5 Å². The summed E-state index contributed by atoms with van der Waals surface area (Å²) in [6, 6.07) is 72.7. The predicted molar refractivity (Wildman–Crippen MR) is 253 cm³/mol. The van der Waals surface area contributed by atoms with Gasteiger partial charge >= 0.3 is 0 Å². The van der Waals surface area contributed by atoms with Crippen molar-refractivity contribution in [1.82, 2.24) is 18.3 Å². The summed E-state index contributed by atoms with van der Waals surface area (Å²) < 4.78 is 9.07. The molecule has 0 unspecified atom stereocenters. The fraction of sp³-hybridized carbons (Fsp3) is 0. The quantitative estimate of drug-likeness (QED) is 0.178. The molecule has 0 fully saturated rings. The van der Waals surface area contributed by atoms with E-state index >= 15 is 0 Å². The predicted octanol–water partition coefficient (Wildman–Crippen LogP) is 13.8. The van der Waals surface area contributed by atoms with E-state index in [1.807, 2.05) is 36.4 Å². The number of hydrogen-bond acceptors (Lipinski definition) is 2. The second-order valence-corrected chi connectivity index (χ2v) is 15.9. The SMILES string of the molecule is N#Cc1cc(-n2c3ccccc3c3ccc4c(c5ccccc5n4-c4ccccc4)c32)c(C#N)cc1-n1c2ccccc2c2ccc3c(c4ccccc4n3-c3ccccc3)c21. The summed E-state index contributed by atoms with van der Waals surface area (Å²) in [4.78, 5) is 0. The van der Waals surface area contributed by atoms with E-state index in [-0.39, 0.29) is 0 Å². The van der Waals surface area contributed by atoms with E-state index in [4.69, 9.17) is 0 Å². The number of benzene rings is 9. The molecular weight excluding hydrogens is 757 g/mol. The van der Waals surface area contributed by atoms with Crippen molar-refractivity contribution in [1.29, 1.82) is 10.5 Å². The summed E-state index contributed by atoms with van der Waals surface area (Å²) >= 11 is 0. The average molecular weight is 789 g/mol. The second kappa shape index (κ2) is 12.8. The highest BCUT2D eigenvalue weighted by atomic mass is 15.0. The van der Waals surface area contributed by atoms with Crippen molar-refractivity contribution < 1.29 is 0 Å². The van der Waals surface area contributed by atoms with E-state index in [2.05, 4.69) is 188 Å². The Morgan fingerprint density at radius 2 is 0.629 bits per heavy atom. The van der Waals surface area contributed by atoms with Gasteiger partial charge in [-0.3, -0.25) is 0 Å². The van der Waals surface area contributed by atoms with Gasteiger partial charge in [-0.25, -0.2) is 0 Å². The second-order valence-electron chi connectivity index (χ2n) is 15.9. The van der Waals surface area contributed by atoms with Crippen molar-refractivity contribution >= 4 is 87.2 Å². The van der Waals surface area contributed by atoms with Crippen molar-refractivity contribution in [3.8, 4) is 34.9 Å². The van der Waals surface area contributed by atoms with Gasteiger partial charge in [0, 0.05) is 54.5 Å². The Bertz CT molecular complexity index is 3840. The first-order chi connectivity index (χ1) is 30.7. The number of nitrogens with zero attached hydrogens (tertiary/aromatic N) is 6. The largest absolute Gasteiger partial charge is 0.309 e. The zero-order valence-corrected chi connectivity index (χ0v) is 33.2. The third kappa shape index (κ3) is 4.50. The minimum atomic E-state index is 0.468. The maximum atomic E-state index is 11.3. The van der Waals surface area contributed by atoms with Crippen LogP contribution in [0.3, 0.4) is 0 Å². The van der Waals surface area contributed by atoms with Crippen LogP contribution < -0.4 is 0 Å². The molecule has 4 heterocycles. The van der Waals surface area contributed by atoms with E-state index in [9.17, 15) is 10.5 Å². The standard InChI is InChI=1S/C56H32N6/c57-33-35-32-52(62-46-24-12-8-20-40(46)42-28-30-50-54(56(42)62)44-22-10-14-26-48(44)60(50)38-17-5-2-6-18-38)36(34-58)31-51(35)61-45-23-11-7-19-39(45)41-27-29-49-53(55(41)61)43-21-9-13-25-47(43)59(49)37-15-3-1-4-16-37/h1-32H. The van der Waals surface area contributed by atoms with Gasteiger partial charge in [0.1, 0.15) is 12.1 Å². The first-order valence-electron chi connectivity index (χ1n) is 20.7. The lowest BCUT2D eigenvalue weighted by Crippen LogP contribution is -2.04. The molecule has 0 saturated carbocycles. The van der Waals surface area contributed by atoms with Crippen molar-refractivity contribution in [2.45, 2.75) is 0 Å². The van der Waals surface area contributed by atoms with Gasteiger partial charge in [-0.2, -0.15) is 10.5 Å². The van der Waals surface area contributed by atoms with E-state index < -0.39 is 0 Å². The minimum absolute atomic E-state index is 0.468. The highest BCUT2D eigenvalue weighted by molar-refractivity contribution is 6.27. The van der Waals surface area contributed by atoms with Crippen LogP contribution in [0.5, 0.6) is 0 Å². The molecular formula is C56H32N6. The first-order valence-corrected chi connectivity index (χ1v) is 20.7. The van der Waals surface area contributed by atoms with Crippen LogP contribution >= 0.6 is 0 Å². The maximum absolute atomic E-state index is 11.3. The molecule has 0 amide bonds.